The highest BCUT2D eigenvalue weighted by Gasteiger charge is 2.31. The maximum absolute atomic E-state index is 13.1. The molecule has 1 unspecified atom stereocenters. The molecule has 3 N–H and O–H groups in total. The summed E-state index contributed by atoms with van der Waals surface area (Å²) in [5.41, 5.74) is 12.3. The Kier molecular flexibility index (Phi) is 13.6. The van der Waals surface area contributed by atoms with Crippen LogP contribution in [0, 0.1) is 0 Å². The molecule has 0 radical (unpaired) electrons. The van der Waals surface area contributed by atoms with Gasteiger partial charge < -0.3 is 30.2 Å². The molecule has 0 aromatic heterocycles. The number of rotatable bonds is 17. The molecule has 1 aliphatic heterocycles. The van der Waals surface area contributed by atoms with E-state index in [9.17, 15) is 4.79 Å². The van der Waals surface area contributed by atoms with Gasteiger partial charge in [-0.15, -0.1) is 0 Å². The van der Waals surface area contributed by atoms with E-state index in [1.807, 2.05) is 74.5 Å². The lowest BCUT2D eigenvalue weighted by molar-refractivity contribution is 0.0773. The molecule has 3 aromatic rings. The fraction of sp³-hybridized carbons (Fsp3) is 0.405. The predicted molar refractivity (Wildman–Crippen MR) is 185 cm³/mol. The minimum absolute atomic E-state index is 0.0382. The van der Waals surface area contributed by atoms with E-state index in [2.05, 4.69) is 39.5 Å². The van der Waals surface area contributed by atoms with Gasteiger partial charge in [-0.05, 0) is 73.8 Å². The van der Waals surface area contributed by atoms with E-state index in [4.69, 9.17) is 19.9 Å². The second-order valence-electron chi connectivity index (χ2n) is 11.2. The summed E-state index contributed by atoms with van der Waals surface area (Å²) in [6.45, 7) is 9.30. The number of hydrogen-bond donors (Lipinski definition) is 2. The van der Waals surface area contributed by atoms with Crippen molar-refractivity contribution in [2.75, 3.05) is 66.7 Å². The van der Waals surface area contributed by atoms with Crippen LogP contribution in [0.15, 0.2) is 83.6 Å². The summed E-state index contributed by atoms with van der Waals surface area (Å²) in [6.07, 6.45) is 5.14. The molecule has 1 atom stereocenters. The van der Waals surface area contributed by atoms with Crippen LogP contribution in [-0.4, -0.2) is 88.6 Å². The van der Waals surface area contributed by atoms with Crippen LogP contribution in [0.3, 0.4) is 0 Å². The van der Waals surface area contributed by atoms with Gasteiger partial charge in [-0.2, -0.15) is 0 Å². The number of nitrogens with two attached hydrogens (primary N) is 1. The number of carbonyl (C=O) groups is 1. The number of fused-ring (bicyclic) bond motifs is 1. The number of likely N-dealkylation sites (N-methyl/N-ethyl adjacent to an activating group) is 1. The Morgan fingerprint density at radius 2 is 1.80 bits per heavy atom. The number of carbonyl (C=O) groups excluding carboxylic acids is 1. The van der Waals surface area contributed by atoms with E-state index in [1.165, 1.54) is 5.56 Å². The molecular formula is C37H49N5O4. The molecule has 0 saturated carbocycles. The van der Waals surface area contributed by atoms with Crippen LogP contribution in [0.25, 0.3) is 0 Å². The second kappa shape index (κ2) is 18.1. The third-order valence-corrected chi connectivity index (χ3v) is 8.11. The third-order valence-electron chi connectivity index (χ3n) is 8.11. The molecule has 1 heterocycles. The topological polar surface area (TPSA) is 102 Å². The molecule has 4 rings (SSSR count). The zero-order valence-corrected chi connectivity index (χ0v) is 27.7. The van der Waals surface area contributed by atoms with Gasteiger partial charge in [-0.3, -0.25) is 14.7 Å². The zero-order chi connectivity index (χ0) is 32.7. The number of nitrogens with one attached hydrogen (secondary N) is 1. The highest BCUT2D eigenvalue weighted by molar-refractivity contribution is 5.94. The van der Waals surface area contributed by atoms with Crippen LogP contribution >= 0.6 is 0 Å². The molecule has 3 aromatic carbocycles. The highest BCUT2D eigenvalue weighted by Crippen LogP contribution is 2.41. The van der Waals surface area contributed by atoms with Crippen molar-refractivity contribution in [3.8, 4) is 11.5 Å². The largest absolute Gasteiger partial charge is 0.493 e. The lowest BCUT2D eigenvalue weighted by atomic mass is 9.87. The quantitative estimate of drug-likeness (QED) is 0.160. The van der Waals surface area contributed by atoms with Gasteiger partial charge in [0.2, 0.25) is 0 Å². The normalized spacial score (nSPS) is 15.1. The van der Waals surface area contributed by atoms with Crippen molar-refractivity contribution in [3.63, 3.8) is 0 Å². The first kappa shape index (κ1) is 34.7. The molecule has 9 nitrogen and oxygen atoms in total. The summed E-state index contributed by atoms with van der Waals surface area (Å²) >= 11 is 0. The molecule has 46 heavy (non-hydrogen) atoms. The van der Waals surface area contributed by atoms with Crippen molar-refractivity contribution in [3.05, 3.63) is 106 Å². The Balaban J connectivity index is 1.62. The zero-order valence-electron chi connectivity index (χ0n) is 27.7. The summed E-state index contributed by atoms with van der Waals surface area (Å²) in [5, 5.41) is 3.08. The summed E-state index contributed by atoms with van der Waals surface area (Å²) in [4.78, 5) is 21.7. The molecule has 9 heteroatoms. The van der Waals surface area contributed by atoms with Crippen LogP contribution in [0.1, 0.15) is 58.9 Å². The molecule has 246 valence electrons. The lowest BCUT2D eigenvalue weighted by Gasteiger charge is -2.38. The fourth-order valence-electron chi connectivity index (χ4n) is 5.67. The van der Waals surface area contributed by atoms with E-state index in [1.54, 1.807) is 13.3 Å². The summed E-state index contributed by atoms with van der Waals surface area (Å²) in [6, 6.07) is 22.0. The monoisotopic (exact) mass is 627 g/mol. The Labute approximate surface area is 274 Å². The van der Waals surface area contributed by atoms with Gasteiger partial charge in [0.25, 0.3) is 5.91 Å². The molecule has 0 saturated heterocycles. The molecule has 0 bridgehead atoms. The van der Waals surface area contributed by atoms with Crippen molar-refractivity contribution in [2.24, 2.45) is 10.7 Å². The first-order valence-corrected chi connectivity index (χ1v) is 16.2. The minimum Gasteiger partial charge on any atom is -0.493 e. The smallest absolute Gasteiger partial charge is 0.253 e. The van der Waals surface area contributed by atoms with Gasteiger partial charge >= 0.3 is 0 Å². The van der Waals surface area contributed by atoms with Crippen LogP contribution in [0.2, 0.25) is 0 Å². The van der Waals surface area contributed by atoms with Crippen molar-refractivity contribution in [1.82, 2.24) is 15.1 Å². The number of ether oxygens (including phenoxy) is 3. The maximum Gasteiger partial charge on any atom is 0.253 e. The molecule has 1 amide bonds. The fourth-order valence-corrected chi connectivity index (χ4v) is 5.67. The van der Waals surface area contributed by atoms with Gasteiger partial charge in [0.05, 0.1) is 26.4 Å². The number of amides is 1. The average molecular weight is 628 g/mol. The van der Waals surface area contributed by atoms with Crippen LogP contribution in [0.4, 0.5) is 0 Å². The number of hydrogen-bond acceptors (Lipinski definition) is 8. The van der Waals surface area contributed by atoms with E-state index in [0.717, 1.165) is 48.4 Å². The number of aliphatic imine (C=N–C) groups is 1. The number of methoxy groups -OCH3 is 1. The first-order chi connectivity index (χ1) is 22.5. The maximum atomic E-state index is 13.1. The molecule has 0 spiro atoms. The van der Waals surface area contributed by atoms with Gasteiger partial charge in [0.1, 0.15) is 0 Å². The van der Waals surface area contributed by atoms with Gasteiger partial charge in [0, 0.05) is 69.4 Å². The Bertz CT molecular complexity index is 1440. The Hall–Kier alpha value is -4.18. The molecule has 0 aliphatic carbocycles. The van der Waals surface area contributed by atoms with E-state index in [-0.39, 0.29) is 11.9 Å². The lowest BCUT2D eigenvalue weighted by Crippen LogP contribution is -2.38. The highest BCUT2D eigenvalue weighted by atomic mass is 16.5. The van der Waals surface area contributed by atoms with E-state index >= 15 is 0 Å². The van der Waals surface area contributed by atoms with E-state index in [0.29, 0.717) is 56.5 Å². The van der Waals surface area contributed by atoms with E-state index < -0.39 is 0 Å². The van der Waals surface area contributed by atoms with Crippen molar-refractivity contribution in [2.45, 2.75) is 32.7 Å². The van der Waals surface area contributed by atoms with Gasteiger partial charge in [0.15, 0.2) is 11.5 Å². The van der Waals surface area contributed by atoms with Crippen LogP contribution in [0.5, 0.6) is 11.5 Å². The first-order valence-electron chi connectivity index (χ1n) is 16.2. The summed E-state index contributed by atoms with van der Waals surface area (Å²) in [5.74, 6) is 1.46. The number of benzene rings is 3. The molecule has 0 fully saturated rings. The average Bonchev–Trinajstić information content (AvgIpc) is 3.08. The van der Waals surface area contributed by atoms with Gasteiger partial charge in [-0.25, -0.2) is 0 Å². The standard InChI is InChI=1S/C37H49N5O4/c1-5-41(6-2)37(43)30-15-13-29(14-16-30)36-33-24-35(46-21-10-20-45-22-18-39-3)34(44-4)23-31(33)17-19-42(36)27-32(38)26-40-25-28-11-8-7-9-12-28/h7-9,11-16,23-26,36,39H,5-6,10,17-22,27,38H2,1-4H3/b32-26-,40-25?. The van der Waals surface area contributed by atoms with Gasteiger partial charge in [-0.1, -0.05) is 42.5 Å². The SMILES string of the molecule is CCN(CC)C(=O)c1ccc(C2c3cc(OCCCOCCNC)c(OC)cc3CCN2C/C(N)=C/N=Cc2ccccc2)cc1. The van der Waals surface area contributed by atoms with Crippen molar-refractivity contribution >= 4 is 12.1 Å². The van der Waals surface area contributed by atoms with Crippen LogP contribution < -0.4 is 20.5 Å². The Morgan fingerprint density at radius 1 is 1.04 bits per heavy atom. The second-order valence-corrected chi connectivity index (χ2v) is 11.2. The van der Waals surface area contributed by atoms with Crippen molar-refractivity contribution in [1.29, 1.82) is 0 Å². The summed E-state index contributed by atoms with van der Waals surface area (Å²) < 4.78 is 17.7. The number of nitrogens with zero attached hydrogens (tertiary/aromatic N) is 3. The predicted octanol–water partition coefficient (Wildman–Crippen LogP) is 5.05. The third kappa shape index (κ3) is 9.42. The molecular weight excluding hydrogens is 578 g/mol. The molecule has 1 aliphatic rings. The van der Waals surface area contributed by atoms with Crippen molar-refractivity contribution < 1.29 is 19.0 Å². The van der Waals surface area contributed by atoms with Crippen LogP contribution in [-0.2, 0) is 11.2 Å². The summed E-state index contributed by atoms with van der Waals surface area (Å²) in [7, 11) is 3.59. The minimum atomic E-state index is -0.107. The Morgan fingerprint density at radius 3 is 2.50 bits per heavy atom.